The molecule has 0 aliphatic rings. The van der Waals surface area contributed by atoms with E-state index in [0.717, 1.165) is 5.69 Å². The van der Waals surface area contributed by atoms with Crippen molar-refractivity contribution in [2.45, 2.75) is 0 Å². The number of halogens is 1. The summed E-state index contributed by atoms with van der Waals surface area (Å²) in [6.45, 7) is 0. The van der Waals surface area contributed by atoms with Gasteiger partial charge in [-0.3, -0.25) is 0 Å². The maximum absolute atomic E-state index is 8.85. The molecule has 0 aliphatic heterocycles. The Bertz CT molecular complexity index is 844. The number of ether oxygens (including phenoxy) is 1. The second kappa shape index (κ2) is 6.73. The summed E-state index contributed by atoms with van der Waals surface area (Å²) in [7, 11) is 0. The van der Waals surface area contributed by atoms with Crippen molar-refractivity contribution in [3.05, 3.63) is 65.4 Å². The van der Waals surface area contributed by atoms with Gasteiger partial charge in [-0.15, -0.1) is 10.2 Å². The highest BCUT2D eigenvalue weighted by Crippen LogP contribution is 2.23. The highest BCUT2D eigenvalue weighted by molar-refractivity contribution is 6.29. The molecule has 0 atom stereocenters. The van der Waals surface area contributed by atoms with Crippen LogP contribution in [0.1, 0.15) is 5.69 Å². The predicted octanol–water partition coefficient (Wildman–Crippen LogP) is 3.93. The van der Waals surface area contributed by atoms with Crippen LogP contribution in [0, 0.1) is 11.3 Å². The van der Waals surface area contributed by atoms with Gasteiger partial charge in [-0.1, -0.05) is 17.7 Å². The molecule has 0 fully saturated rings. The highest BCUT2D eigenvalue weighted by atomic mass is 35.5. The zero-order chi connectivity index (χ0) is 16.1. The molecule has 6 nitrogen and oxygen atoms in total. The van der Waals surface area contributed by atoms with Crippen molar-refractivity contribution in [2.24, 2.45) is 0 Å². The van der Waals surface area contributed by atoms with Gasteiger partial charge >= 0.3 is 0 Å². The third kappa shape index (κ3) is 3.93. The number of anilines is 2. The van der Waals surface area contributed by atoms with Gasteiger partial charge in [0.1, 0.15) is 23.3 Å². The third-order valence-electron chi connectivity index (χ3n) is 2.82. The summed E-state index contributed by atoms with van der Waals surface area (Å²) in [5.41, 5.74) is 1.18. The lowest BCUT2D eigenvalue weighted by molar-refractivity contribution is 0.455. The highest BCUT2D eigenvalue weighted by Gasteiger charge is 2.02. The molecule has 2 aromatic heterocycles. The molecular weight excluding hydrogens is 314 g/mol. The van der Waals surface area contributed by atoms with Crippen LogP contribution >= 0.6 is 11.6 Å². The van der Waals surface area contributed by atoms with E-state index in [9.17, 15) is 0 Å². The Kier molecular flexibility index (Phi) is 4.32. The first-order valence-corrected chi connectivity index (χ1v) is 7.02. The number of hydrogen-bond donors (Lipinski definition) is 1. The maximum atomic E-state index is 8.85. The van der Waals surface area contributed by atoms with Gasteiger partial charge in [0.25, 0.3) is 0 Å². The van der Waals surface area contributed by atoms with Crippen LogP contribution in [0.4, 0.5) is 11.5 Å². The smallest absolute Gasteiger partial charge is 0.238 e. The lowest BCUT2D eigenvalue weighted by Gasteiger charge is -2.07. The van der Waals surface area contributed by atoms with Crippen LogP contribution in [0.5, 0.6) is 11.6 Å². The van der Waals surface area contributed by atoms with Crippen molar-refractivity contribution in [3.63, 3.8) is 0 Å². The third-order valence-corrected chi connectivity index (χ3v) is 3.02. The van der Waals surface area contributed by atoms with Gasteiger partial charge in [-0.05, 0) is 42.5 Å². The van der Waals surface area contributed by atoms with Crippen LogP contribution in [0.15, 0.2) is 54.6 Å². The molecule has 1 N–H and O–H groups in total. The molecule has 3 aromatic rings. The minimum absolute atomic E-state index is 0.309. The minimum Gasteiger partial charge on any atom is -0.438 e. The van der Waals surface area contributed by atoms with E-state index in [1.807, 2.05) is 18.2 Å². The zero-order valence-electron chi connectivity index (χ0n) is 11.8. The average Bonchev–Trinajstić information content (AvgIpc) is 2.59. The van der Waals surface area contributed by atoms with Crippen molar-refractivity contribution in [1.29, 1.82) is 5.26 Å². The van der Waals surface area contributed by atoms with E-state index < -0.39 is 0 Å². The number of nitrogens with zero attached hydrogens (tertiary/aromatic N) is 4. The molecule has 0 amide bonds. The number of hydrogen-bond acceptors (Lipinski definition) is 6. The van der Waals surface area contributed by atoms with E-state index in [2.05, 4.69) is 20.5 Å². The number of nitrogens with one attached hydrogen (secondary N) is 1. The molecule has 1 aromatic carbocycles. The fraction of sp³-hybridized carbons (Fsp3) is 0. The first-order chi connectivity index (χ1) is 11.2. The van der Waals surface area contributed by atoms with Crippen molar-refractivity contribution < 1.29 is 4.74 Å². The van der Waals surface area contributed by atoms with Crippen LogP contribution in [0.25, 0.3) is 0 Å². The monoisotopic (exact) mass is 323 g/mol. The Morgan fingerprint density at radius 3 is 2.52 bits per heavy atom. The summed E-state index contributed by atoms with van der Waals surface area (Å²) in [5.74, 6) is 1.57. The van der Waals surface area contributed by atoms with Gasteiger partial charge in [-0.2, -0.15) is 5.26 Å². The van der Waals surface area contributed by atoms with E-state index >= 15 is 0 Å². The summed E-state index contributed by atoms with van der Waals surface area (Å²) < 4.78 is 5.56. The molecule has 23 heavy (non-hydrogen) atoms. The Morgan fingerprint density at radius 1 is 1.00 bits per heavy atom. The Morgan fingerprint density at radius 2 is 1.83 bits per heavy atom. The number of aromatic nitrogens is 3. The molecular formula is C16H10ClN5O. The van der Waals surface area contributed by atoms with Crippen LogP contribution < -0.4 is 10.1 Å². The summed E-state index contributed by atoms with van der Waals surface area (Å²) in [4.78, 5) is 4.15. The van der Waals surface area contributed by atoms with Crippen LogP contribution in [0.3, 0.4) is 0 Å². The molecule has 112 valence electrons. The summed E-state index contributed by atoms with van der Waals surface area (Å²) >= 11 is 5.67. The van der Waals surface area contributed by atoms with Gasteiger partial charge < -0.3 is 10.1 Å². The lowest BCUT2D eigenvalue weighted by Crippen LogP contribution is -1.95. The number of benzene rings is 1. The van der Waals surface area contributed by atoms with Crippen molar-refractivity contribution >= 4 is 23.1 Å². The molecule has 0 unspecified atom stereocenters. The fourth-order valence-corrected chi connectivity index (χ4v) is 1.90. The second-order valence-electron chi connectivity index (χ2n) is 4.47. The molecule has 0 radical (unpaired) electrons. The standard InChI is InChI=1S/C16H10ClN5O/c17-14-8-9-16(22-21-14)23-13-6-4-11(5-7-13)19-15-3-1-2-12(10-18)20-15/h1-9H,(H,19,20). The molecule has 7 heteroatoms. The lowest BCUT2D eigenvalue weighted by atomic mass is 10.3. The zero-order valence-corrected chi connectivity index (χ0v) is 12.5. The Balaban J connectivity index is 1.69. The first-order valence-electron chi connectivity index (χ1n) is 6.64. The molecule has 0 saturated carbocycles. The molecule has 3 rings (SSSR count). The van der Waals surface area contributed by atoms with E-state index in [1.54, 1.807) is 42.5 Å². The molecule has 0 bridgehead atoms. The minimum atomic E-state index is 0.309. The Labute approximate surface area is 137 Å². The second-order valence-corrected chi connectivity index (χ2v) is 4.85. The van der Waals surface area contributed by atoms with Gasteiger partial charge in [0, 0.05) is 11.8 Å². The largest absolute Gasteiger partial charge is 0.438 e. The molecule has 0 aliphatic carbocycles. The molecule has 2 heterocycles. The summed E-state index contributed by atoms with van der Waals surface area (Å²) in [5, 5.41) is 19.8. The van der Waals surface area contributed by atoms with E-state index in [4.69, 9.17) is 21.6 Å². The van der Waals surface area contributed by atoms with Gasteiger partial charge in [-0.25, -0.2) is 4.98 Å². The van der Waals surface area contributed by atoms with Gasteiger partial charge in [0.15, 0.2) is 5.15 Å². The van der Waals surface area contributed by atoms with E-state index in [1.165, 1.54) is 0 Å². The van der Waals surface area contributed by atoms with Crippen LogP contribution in [0.2, 0.25) is 5.15 Å². The topological polar surface area (TPSA) is 83.7 Å². The predicted molar refractivity (Wildman–Crippen MR) is 85.8 cm³/mol. The van der Waals surface area contributed by atoms with Crippen molar-refractivity contribution in [3.8, 4) is 17.7 Å². The number of nitriles is 1. The van der Waals surface area contributed by atoms with E-state index in [-0.39, 0.29) is 0 Å². The summed E-state index contributed by atoms with van der Waals surface area (Å²) in [6, 6.07) is 17.7. The average molecular weight is 324 g/mol. The van der Waals surface area contributed by atoms with Gasteiger partial charge in [0.05, 0.1) is 0 Å². The van der Waals surface area contributed by atoms with Crippen LogP contribution in [-0.2, 0) is 0 Å². The van der Waals surface area contributed by atoms with Crippen molar-refractivity contribution in [1.82, 2.24) is 15.2 Å². The number of rotatable bonds is 4. The number of pyridine rings is 1. The molecule has 0 saturated heterocycles. The fourth-order valence-electron chi connectivity index (χ4n) is 1.80. The maximum Gasteiger partial charge on any atom is 0.238 e. The van der Waals surface area contributed by atoms with E-state index in [0.29, 0.717) is 28.3 Å². The molecule has 0 spiro atoms. The SMILES string of the molecule is N#Cc1cccc(Nc2ccc(Oc3ccc(Cl)nn3)cc2)n1. The van der Waals surface area contributed by atoms with Gasteiger partial charge in [0.2, 0.25) is 5.88 Å². The quantitative estimate of drug-likeness (QED) is 0.783. The Hall–Kier alpha value is -3.17. The normalized spacial score (nSPS) is 9.91. The summed E-state index contributed by atoms with van der Waals surface area (Å²) in [6.07, 6.45) is 0. The van der Waals surface area contributed by atoms with Crippen molar-refractivity contribution in [2.75, 3.05) is 5.32 Å². The first kappa shape index (κ1) is 14.8. The van der Waals surface area contributed by atoms with Crippen LogP contribution in [-0.4, -0.2) is 15.2 Å².